The molecular weight excluding hydrogens is 514 g/mol. The van der Waals surface area contributed by atoms with Crippen LogP contribution in [0.2, 0.25) is 0 Å². The first-order valence-electron chi connectivity index (χ1n) is 14.0. The molecule has 3 saturated heterocycles. The Balaban J connectivity index is 0.987. The van der Waals surface area contributed by atoms with Gasteiger partial charge in [0.15, 0.2) is 17.5 Å². The van der Waals surface area contributed by atoms with Crippen molar-refractivity contribution >= 4 is 17.5 Å². The van der Waals surface area contributed by atoms with Crippen molar-refractivity contribution in [2.45, 2.75) is 52.7 Å². The summed E-state index contributed by atoms with van der Waals surface area (Å²) in [5.41, 5.74) is 6.18. The zero-order valence-corrected chi connectivity index (χ0v) is 23.7. The van der Waals surface area contributed by atoms with Crippen molar-refractivity contribution in [1.29, 1.82) is 0 Å². The number of piperidine rings is 1. The molecule has 2 N–H and O–H groups in total. The number of piperazine rings is 1. The third-order valence-corrected chi connectivity index (χ3v) is 8.04. The molecular formula is C30H33N11. The van der Waals surface area contributed by atoms with Crippen molar-refractivity contribution < 1.29 is 0 Å². The van der Waals surface area contributed by atoms with Gasteiger partial charge in [0, 0.05) is 79.4 Å². The minimum atomic E-state index is 0.519. The maximum Gasteiger partial charge on any atom is 0.163 e. The number of fused-ring (bicyclic) bond motifs is 2. The van der Waals surface area contributed by atoms with E-state index < -0.39 is 0 Å². The number of aromatic amines is 1. The van der Waals surface area contributed by atoms with E-state index >= 15 is 0 Å². The summed E-state index contributed by atoms with van der Waals surface area (Å²) in [6.07, 6.45) is 7.12. The summed E-state index contributed by atoms with van der Waals surface area (Å²) < 4.78 is 1.85. The molecule has 3 fully saturated rings. The van der Waals surface area contributed by atoms with E-state index in [-0.39, 0.29) is 0 Å². The summed E-state index contributed by atoms with van der Waals surface area (Å²) in [6.45, 7) is 10.9. The van der Waals surface area contributed by atoms with E-state index in [9.17, 15) is 0 Å². The highest BCUT2D eigenvalue weighted by Gasteiger charge is 2.44. The molecule has 3 aliphatic rings. The van der Waals surface area contributed by atoms with E-state index in [1.54, 1.807) is 0 Å². The fraction of sp³-hybridized carbons (Fsp3) is 0.333. The lowest BCUT2D eigenvalue weighted by atomic mass is 9.87. The lowest BCUT2D eigenvalue weighted by molar-refractivity contribution is -0.00875. The van der Waals surface area contributed by atoms with Crippen LogP contribution in [0.5, 0.6) is 0 Å². The van der Waals surface area contributed by atoms with Gasteiger partial charge in [-0.1, -0.05) is 6.07 Å². The molecule has 0 aromatic carbocycles. The third-order valence-electron chi connectivity index (χ3n) is 8.04. The van der Waals surface area contributed by atoms with E-state index in [1.165, 1.54) is 17.5 Å². The Morgan fingerprint density at radius 1 is 0.902 bits per heavy atom. The number of H-pyrrole nitrogens is 1. The number of aromatic nitrogens is 8. The molecule has 2 unspecified atom stereocenters. The Hall–Kier alpha value is -4.64. The predicted octanol–water partition coefficient (Wildman–Crippen LogP) is 4.28. The van der Waals surface area contributed by atoms with Gasteiger partial charge in [-0.3, -0.25) is 10.00 Å². The number of anilines is 3. The molecule has 0 radical (unpaired) electrons. The van der Waals surface area contributed by atoms with Gasteiger partial charge in [0.2, 0.25) is 0 Å². The van der Waals surface area contributed by atoms with Crippen molar-refractivity contribution in [3.05, 3.63) is 83.2 Å². The van der Waals surface area contributed by atoms with Crippen molar-refractivity contribution in [2.24, 2.45) is 0 Å². The van der Waals surface area contributed by atoms with E-state index in [0.717, 1.165) is 59.7 Å². The Bertz CT molecular complexity index is 1660. The first kappa shape index (κ1) is 25.3. The highest BCUT2D eigenvalue weighted by Crippen LogP contribution is 2.35. The SMILES string of the molecule is Cc1cc(Nc2cc(C)[nH]n2)nc(-c2ccc(N3CC4CC(C3)N4Cc3ccc(-n4cc(C)c(C)n4)nc3)nc2)n1. The third kappa shape index (κ3) is 5.04. The van der Waals surface area contributed by atoms with Crippen molar-refractivity contribution in [2.75, 3.05) is 23.3 Å². The van der Waals surface area contributed by atoms with Gasteiger partial charge in [-0.15, -0.1) is 0 Å². The standard InChI is InChI=1S/C30H33N11/c1-18-14-41(38-21(18)4)29-7-5-22(12-31-29)15-40-24-11-25(40)17-39(16-24)28-8-6-23(13-32-28)30-33-19(2)9-26(35-30)34-27-10-20(3)36-37-27/h5-10,12-14,24-25H,11,15-17H2,1-4H3,(H2,33,34,35,36,37). The van der Waals surface area contributed by atoms with Crippen LogP contribution >= 0.6 is 0 Å². The largest absolute Gasteiger partial charge is 0.353 e. The molecule has 5 aromatic rings. The lowest BCUT2D eigenvalue weighted by Gasteiger charge is -2.56. The van der Waals surface area contributed by atoms with Crippen LogP contribution in [-0.4, -0.2) is 70.0 Å². The van der Waals surface area contributed by atoms with Crippen molar-refractivity contribution in [1.82, 2.24) is 44.8 Å². The molecule has 0 spiro atoms. The number of hydrogen-bond donors (Lipinski definition) is 2. The van der Waals surface area contributed by atoms with Gasteiger partial charge in [0.25, 0.3) is 0 Å². The Morgan fingerprint density at radius 3 is 2.37 bits per heavy atom. The molecule has 8 heterocycles. The molecule has 2 bridgehead atoms. The Labute approximate surface area is 238 Å². The van der Waals surface area contributed by atoms with E-state index in [0.29, 0.717) is 23.7 Å². The van der Waals surface area contributed by atoms with Gasteiger partial charge < -0.3 is 10.2 Å². The Kier molecular flexibility index (Phi) is 6.23. The maximum atomic E-state index is 4.81. The number of aryl methyl sites for hydroxylation is 4. The van der Waals surface area contributed by atoms with E-state index in [1.807, 2.05) is 56.2 Å². The highest BCUT2D eigenvalue weighted by atomic mass is 15.4. The monoisotopic (exact) mass is 547 g/mol. The summed E-state index contributed by atoms with van der Waals surface area (Å²) in [5, 5.41) is 15.0. The molecule has 11 heteroatoms. The average molecular weight is 548 g/mol. The molecule has 0 amide bonds. The van der Waals surface area contributed by atoms with Gasteiger partial charge in [0.1, 0.15) is 11.6 Å². The Morgan fingerprint density at radius 2 is 1.71 bits per heavy atom. The number of nitrogens with one attached hydrogen (secondary N) is 2. The summed E-state index contributed by atoms with van der Waals surface area (Å²) in [5.74, 6) is 3.92. The molecule has 5 aromatic heterocycles. The van der Waals surface area contributed by atoms with Crippen LogP contribution in [0.25, 0.3) is 17.2 Å². The molecule has 3 aliphatic heterocycles. The van der Waals surface area contributed by atoms with Gasteiger partial charge >= 0.3 is 0 Å². The van der Waals surface area contributed by atoms with Crippen LogP contribution in [-0.2, 0) is 6.54 Å². The van der Waals surface area contributed by atoms with Gasteiger partial charge in [0.05, 0.1) is 5.69 Å². The van der Waals surface area contributed by atoms with Crippen molar-refractivity contribution in [3.63, 3.8) is 0 Å². The summed E-state index contributed by atoms with van der Waals surface area (Å²) in [6, 6.07) is 13.3. The number of nitrogens with zero attached hydrogens (tertiary/aromatic N) is 9. The zero-order chi connectivity index (χ0) is 28.1. The van der Waals surface area contributed by atoms with Crippen LogP contribution < -0.4 is 10.2 Å². The van der Waals surface area contributed by atoms with Gasteiger partial charge in [-0.05, 0) is 63.4 Å². The topological polar surface area (TPSA) is 117 Å². The van der Waals surface area contributed by atoms with Crippen LogP contribution in [0.4, 0.5) is 17.5 Å². The second-order valence-corrected chi connectivity index (χ2v) is 11.2. The first-order valence-corrected chi connectivity index (χ1v) is 14.0. The molecule has 2 atom stereocenters. The smallest absolute Gasteiger partial charge is 0.163 e. The van der Waals surface area contributed by atoms with Crippen LogP contribution in [0.3, 0.4) is 0 Å². The summed E-state index contributed by atoms with van der Waals surface area (Å²) >= 11 is 0. The minimum absolute atomic E-state index is 0.519. The fourth-order valence-corrected chi connectivity index (χ4v) is 5.73. The fourth-order valence-electron chi connectivity index (χ4n) is 5.73. The van der Waals surface area contributed by atoms with E-state index in [4.69, 9.17) is 9.97 Å². The normalized spacial score (nSPS) is 18.4. The summed E-state index contributed by atoms with van der Waals surface area (Å²) in [7, 11) is 0. The zero-order valence-electron chi connectivity index (χ0n) is 23.7. The maximum absolute atomic E-state index is 4.81. The molecule has 41 heavy (non-hydrogen) atoms. The van der Waals surface area contributed by atoms with Crippen LogP contribution in [0, 0.1) is 27.7 Å². The van der Waals surface area contributed by atoms with Crippen LogP contribution in [0.1, 0.15) is 34.6 Å². The average Bonchev–Trinajstić information content (AvgIpc) is 3.55. The number of rotatable bonds is 7. The van der Waals surface area contributed by atoms with Crippen molar-refractivity contribution in [3.8, 4) is 17.2 Å². The highest BCUT2D eigenvalue weighted by molar-refractivity contribution is 5.61. The number of pyridine rings is 2. The molecule has 11 nitrogen and oxygen atoms in total. The molecule has 0 saturated carbocycles. The quantitative estimate of drug-likeness (QED) is 0.308. The van der Waals surface area contributed by atoms with Crippen LogP contribution in [0.15, 0.2) is 55.0 Å². The minimum Gasteiger partial charge on any atom is -0.353 e. The van der Waals surface area contributed by atoms with E-state index in [2.05, 4.69) is 71.6 Å². The molecule has 0 aliphatic carbocycles. The summed E-state index contributed by atoms with van der Waals surface area (Å²) in [4.78, 5) is 23.8. The van der Waals surface area contributed by atoms with Gasteiger partial charge in [-0.25, -0.2) is 24.6 Å². The predicted molar refractivity (Wildman–Crippen MR) is 157 cm³/mol. The number of hydrogen-bond acceptors (Lipinski definition) is 9. The van der Waals surface area contributed by atoms with Gasteiger partial charge in [-0.2, -0.15) is 10.2 Å². The second-order valence-electron chi connectivity index (χ2n) is 11.2. The lowest BCUT2D eigenvalue weighted by Crippen LogP contribution is -2.68. The molecule has 8 rings (SSSR count). The first-order chi connectivity index (χ1) is 19.9. The second kappa shape index (κ2) is 10.1. The molecule has 208 valence electrons.